The first-order chi connectivity index (χ1) is 14.2. The van der Waals surface area contributed by atoms with Crippen molar-refractivity contribution in [1.29, 1.82) is 0 Å². The van der Waals surface area contributed by atoms with Crippen LogP contribution in [-0.4, -0.2) is 62.6 Å². The van der Waals surface area contributed by atoms with Gasteiger partial charge in [0, 0.05) is 45.0 Å². The monoisotopic (exact) mass is 396 g/mol. The highest BCUT2D eigenvalue weighted by Crippen LogP contribution is 2.23. The minimum Gasteiger partial charge on any atom is -0.492 e. The summed E-state index contributed by atoms with van der Waals surface area (Å²) < 4.78 is 5.46. The number of carbonyl (C=O) groups excluding carboxylic acids is 2. The Morgan fingerprint density at radius 3 is 2.34 bits per heavy atom. The van der Waals surface area contributed by atoms with E-state index in [0.29, 0.717) is 24.6 Å². The molecule has 0 aliphatic carbocycles. The molecule has 29 heavy (non-hydrogen) atoms. The molecule has 1 aliphatic heterocycles. The number of anilines is 2. The van der Waals surface area contributed by atoms with Gasteiger partial charge in [0.25, 0.3) is 0 Å². The van der Waals surface area contributed by atoms with Crippen molar-refractivity contribution in [2.45, 2.75) is 6.92 Å². The minimum absolute atomic E-state index is 0.435. The molecule has 1 heterocycles. The third-order valence-electron chi connectivity index (χ3n) is 4.85. The van der Waals surface area contributed by atoms with Crippen LogP contribution in [-0.2, 0) is 9.59 Å². The maximum Gasteiger partial charge on any atom is 0.313 e. The molecule has 0 saturated carbocycles. The van der Waals surface area contributed by atoms with Crippen LogP contribution in [0.25, 0.3) is 0 Å². The van der Waals surface area contributed by atoms with Crippen LogP contribution in [0.4, 0.5) is 11.4 Å². The Hall–Kier alpha value is -3.06. The van der Waals surface area contributed by atoms with Gasteiger partial charge in [-0.25, -0.2) is 0 Å². The molecule has 0 bridgehead atoms. The van der Waals surface area contributed by atoms with Gasteiger partial charge in [0.2, 0.25) is 0 Å². The molecule has 0 radical (unpaired) electrons. The highest BCUT2D eigenvalue weighted by atomic mass is 16.5. The van der Waals surface area contributed by atoms with Gasteiger partial charge in [-0.3, -0.25) is 14.5 Å². The molecule has 2 amide bonds. The van der Waals surface area contributed by atoms with Crippen LogP contribution in [0, 0.1) is 0 Å². The van der Waals surface area contributed by atoms with Crippen molar-refractivity contribution in [3.05, 3.63) is 54.6 Å². The SMILES string of the molecule is CCOc1ccccc1NC(=O)C(=O)NCCN1CCN(c2ccccc2)CC1. The Kier molecular flexibility index (Phi) is 7.47. The van der Waals surface area contributed by atoms with Gasteiger partial charge in [0.05, 0.1) is 12.3 Å². The van der Waals surface area contributed by atoms with Gasteiger partial charge >= 0.3 is 11.8 Å². The van der Waals surface area contributed by atoms with Gasteiger partial charge < -0.3 is 20.3 Å². The number of carbonyl (C=O) groups is 2. The molecular formula is C22H28N4O3. The minimum atomic E-state index is -0.689. The Morgan fingerprint density at radius 2 is 1.62 bits per heavy atom. The van der Waals surface area contributed by atoms with Gasteiger partial charge in [0.1, 0.15) is 5.75 Å². The van der Waals surface area contributed by atoms with Gasteiger partial charge in [-0.1, -0.05) is 30.3 Å². The Bertz CT molecular complexity index is 805. The van der Waals surface area contributed by atoms with E-state index in [1.165, 1.54) is 5.69 Å². The molecule has 1 saturated heterocycles. The number of ether oxygens (including phenoxy) is 1. The maximum absolute atomic E-state index is 12.2. The molecule has 0 atom stereocenters. The first kappa shape index (κ1) is 20.7. The lowest BCUT2D eigenvalue weighted by atomic mass is 10.2. The summed E-state index contributed by atoms with van der Waals surface area (Å²) in [6.07, 6.45) is 0. The highest BCUT2D eigenvalue weighted by molar-refractivity contribution is 6.39. The second kappa shape index (κ2) is 10.5. The predicted molar refractivity (Wildman–Crippen MR) is 114 cm³/mol. The summed E-state index contributed by atoms with van der Waals surface area (Å²) in [5.74, 6) is -0.780. The number of rotatable bonds is 7. The van der Waals surface area contributed by atoms with E-state index >= 15 is 0 Å². The molecule has 1 aliphatic rings. The lowest BCUT2D eigenvalue weighted by molar-refractivity contribution is -0.136. The van der Waals surface area contributed by atoms with Crippen molar-refractivity contribution in [1.82, 2.24) is 10.2 Å². The van der Waals surface area contributed by atoms with Gasteiger partial charge in [-0.2, -0.15) is 0 Å². The summed E-state index contributed by atoms with van der Waals surface area (Å²) in [6, 6.07) is 17.4. The smallest absolute Gasteiger partial charge is 0.313 e. The standard InChI is InChI=1S/C22H28N4O3/c1-2-29-20-11-7-6-10-19(20)24-22(28)21(27)23-12-13-25-14-16-26(17-15-25)18-8-4-3-5-9-18/h3-11H,2,12-17H2,1H3,(H,23,27)(H,24,28). The molecule has 1 fully saturated rings. The zero-order valence-electron chi connectivity index (χ0n) is 16.8. The van der Waals surface area contributed by atoms with E-state index in [0.717, 1.165) is 32.7 Å². The van der Waals surface area contributed by atoms with Crippen LogP contribution in [0.1, 0.15) is 6.92 Å². The van der Waals surface area contributed by atoms with E-state index in [-0.39, 0.29) is 0 Å². The number of nitrogens with one attached hydrogen (secondary N) is 2. The molecule has 7 nitrogen and oxygen atoms in total. The zero-order valence-corrected chi connectivity index (χ0v) is 16.8. The van der Waals surface area contributed by atoms with Crippen molar-refractivity contribution < 1.29 is 14.3 Å². The average Bonchev–Trinajstić information content (AvgIpc) is 2.76. The third kappa shape index (κ3) is 5.96. The van der Waals surface area contributed by atoms with Crippen LogP contribution < -0.4 is 20.3 Å². The highest BCUT2D eigenvalue weighted by Gasteiger charge is 2.18. The molecule has 2 aromatic rings. The normalized spacial score (nSPS) is 14.3. The fourth-order valence-corrected chi connectivity index (χ4v) is 3.31. The number of nitrogens with zero attached hydrogens (tertiary/aromatic N) is 2. The molecule has 0 aromatic heterocycles. The average molecular weight is 396 g/mol. The number of para-hydroxylation sites is 3. The molecule has 0 unspecified atom stereocenters. The summed E-state index contributed by atoms with van der Waals surface area (Å²) in [5, 5.41) is 5.31. The van der Waals surface area contributed by atoms with E-state index in [1.807, 2.05) is 19.1 Å². The molecule has 3 rings (SSSR count). The second-order valence-electron chi connectivity index (χ2n) is 6.80. The van der Waals surface area contributed by atoms with Crippen molar-refractivity contribution in [3.63, 3.8) is 0 Å². The second-order valence-corrected chi connectivity index (χ2v) is 6.80. The molecule has 154 valence electrons. The predicted octanol–water partition coefficient (Wildman–Crippen LogP) is 1.96. The molecular weight excluding hydrogens is 368 g/mol. The Balaban J connectivity index is 1.38. The van der Waals surface area contributed by atoms with Crippen LogP contribution in [0.5, 0.6) is 5.75 Å². The topological polar surface area (TPSA) is 73.9 Å². The van der Waals surface area contributed by atoms with Crippen molar-refractivity contribution >= 4 is 23.2 Å². The van der Waals surface area contributed by atoms with Gasteiger partial charge in [-0.15, -0.1) is 0 Å². The van der Waals surface area contributed by atoms with Crippen molar-refractivity contribution in [3.8, 4) is 5.75 Å². The number of amides is 2. The van der Waals surface area contributed by atoms with Crippen LogP contribution in [0.2, 0.25) is 0 Å². The first-order valence-electron chi connectivity index (χ1n) is 10.0. The lowest BCUT2D eigenvalue weighted by Gasteiger charge is -2.36. The summed E-state index contributed by atoms with van der Waals surface area (Å²) in [4.78, 5) is 28.9. The van der Waals surface area contributed by atoms with Crippen molar-refractivity contribution in [2.75, 3.05) is 56.1 Å². The summed E-state index contributed by atoms with van der Waals surface area (Å²) in [6.45, 7) is 7.26. The quantitative estimate of drug-likeness (QED) is 0.700. The Labute approximate surface area is 171 Å². The van der Waals surface area contributed by atoms with Crippen LogP contribution >= 0.6 is 0 Å². The van der Waals surface area contributed by atoms with Crippen molar-refractivity contribution in [2.24, 2.45) is 0 Å². The first-order valence-corrected chi connectivity index (χ1v) is 10.0. The van der Waals surface area contributed by atoms with Crippen LogP contribution in [0.15, 0.2) is 54.6 Å². The molecule has 2 N–H and O–H groups in total. The summed E-state index contributed by atoms with van der Waals surface area (Å²) in [7, 11) is 0. The van der Waals surface area contributed by atoms with E-state index in [9.17, 15) is 9.59 Å². The van der Waals surface area contributed by atoms with Gasteiger partial charge in [-0.05, 0) is 31.2 Å². The van der Waals surface area contributed by atoms with Gasteiger partial charge in [0.15, 0.2) is 0 Å². The van der Waals surface area contributed by atoms with E-state index in [4.69, 9.17) is 4.74 Å². The lowest BCUT2D eigenvalue weighted by Crippen LogP contribution is -2.49. The fraction of sp³-hybridized carbons (Fsp3) is 0.364. The number of piperazine rings is 1. The van der Waals surface area contributed by atoms with E-state index in [1.54, 1.807) is 18.2 Å². The summed E-state index contributed by atoms with van der Waals surface area (Å²) in [5.41, 5.74) is 1.73. The molecule has 0 spiro atoms. The number of benzene rings is 2. The van der Waals surface area contributed by atoms with Crippen LogP contribution in [0.3, 0.4) is 0 Å². The Morgan fingerprint density at radius 1 is 0.931 bits per heavy atom. The maximum atomic E-state index is 12.2. The van der Waals surface area contributed by atoms with E-state index in [2.05, 4.69) is 44.7 Å². The third-order valence-corrected chi connectivity index (χ3v) is 4.85. The number of hydrogen-bond acceptors (Lipinski definition) is 5. The zero-order chi connectivity index (χ0) is 20.5. The van der Waals surface area contributed by atoms with E-state index < -0.39 is 11.8 Å². The molecule has 2 aromatic carbocycles. The molecule has 7 heteroatoms. The number of hydrogen-bond donors (Lipinski definition) is 2. The fourth-order valence-electron chi connectivity index (χ4n) is 3.31. The summed E-state index contributed by atoms with van der Waals surface area (Å²) >= 11 is 0. The largest absolute Gasteiger partial charge is 0.492 e.